The first-order chi connectivity index (χ1) is 9.69. The van der Waals surface area contributed by atoms with Crippen molar-refractivity contribution in [2.45, 2.75) is 33.0 Å². The molecule has 0 radical (unpaired) electrons. The zero-order valence-electron chi connectivity index (χ0n) is 11.9. The average molecular weight is 344 g/mol. The van der Waals surface area contributed by atoms with Gasteiger partial charge in [-0.3, -0.25) is 0 Å². The van der Waals surface area contributed by atoms with Crippen LogP contribution in [0.3, 0.4) is 0 Å². The van der Waals surface area contributed by atoms with Crippen molar-refractivity contribution in [2.75, 3.05) is 13.2 Å². The van der Waals surface area contributed by atoms with Crippen molar-refractivity contribution in [3.63, 3.8) is 0 Å². The first-order valence-electron chi connectivity index (χ1n) is 6.57. The Balaban J connectivity index is 2.75. The SMILES string of the molecule is CC(C)CNCc1cc(Cl)cc(Cl)c1OCCC(F)(F)F. The van der Waals surface area contributed by atoms with Crippen LogP contribution in [0.4, 0.5) is 13.2 Å². The number of nitrogens with one attached hydrogen (secondary N) is 1. The Morgan fingerprint density at radius 3 is 2.48 bits per heavy atom. The molecule has 0 bridgehead atoms. The van der Waals surface area contributed by atoms with Gasteiger partial charge >= 0.3 is 6.18 Å². The van der Waals surface area contributed by atoms with Crippen molar-refractivity contribution in [1.29, 1.82) is 0 Å². The number of halogens is 5. The summed E-state index contributed by atoms with van der Waals surface area (Å²) in [5, 5.41) is 3.82. The van der Waals surface area contributed by atoms with Crippen LogP contribution in [0.5, 0.6) is 5.75 Å². The summed E-state index contributed by atoms with van der Waals surface area (Å²) >= 11 is 11.9. The average Bonchev–Trinajstić information content (AvgIpc) is 2.30. The van der Waals surface area contributed by atoms with Gasteiger partial charge in [-0.15, -0.1) is 0 Å². The molecule has 0 atom stereocenters. The molecule has 7 heteroatoms. The van der Waals surface area contributed by atoms with E-state index < -0.39 is 19.2 Å². The highest BCUT2D eigenvalue weighted by Crippen LogP contribution is 2.33. The van der Waals surface area contributed by atoms with Crippen molar-refractivity contribution in [3.8, 4) is 5.75 Å². The van der Waals surface area contributed by atoms with E-state index in [-0.39, 0.29) is 10.8 Å². The van der Waals surface area contributed by atoms with E-state index in [4.69, 9.17) is 27.9 Å². The van der Waals surface area contributed by atoms with Crippen LogP contribution in [-0.2, 0) is 6.54 Å². The molecule has 0 amide bonds. The lowest BCUT2D eigenvalue weighted by Gasteiger charge is -2.16. The van der Waals surface area contributed by atoms with E-state index in [0.29, 0.717) is 23.0 Å². The predicted molar refractivity (Wildman–Crippen MR) is 79.2 cm³/mol. The number of ether oxygens (including phenoxy) is 1. The third-order valence-corrected chi connectivity index (χ3v) is 3.08. The molecule has 0 aliphatic carbocycles. The van der Waals surface area contributed by atoms with Crippen LogP contribution < -0.4 is 10.1 Å². The third kappa shape index (κ3) is 7.25. The van der Waals surface area contributed by atoms with Gasteiger partial charge in [-0.05, 0) is 24.6 Å². The quantitative estimate of drug-likeness (QED) is 0.746. The predicted octanol–water partition coefficient (Wildman–Crippen LogP) is 5.07. The molecule has 21 heavy (non-hydrogen) atoms. The topological polar surface area (TPSA) is 21.3 Å². The van der Waals surface area contributed by atoms with Crippen molar-refractivity contribution in [3.05, 3.63) is 27.7 Å². The molecule has 2 nitrogen and oxygen atoms in total. The van der Waals surface area contributed by atoms with Crippen LogP contribution in [-0.4, -0.2) is 19.3 Å². The zero-order chi connectivity index (χ0) is 16.0. The van der Waals surface area contributed by atoms with Crippen molar-refractivity contribution in [2.24, 2.45) is 5.92 Å². The number of alkyl halides is 3. The van der Waals surface area contributed by atoms with Gasteiger partial charge in [0, 0.05) is 17.1 Å². The van der Waals surface area contributed by atoms with Gasteiger partial charge in [0.15, 0.2) is 0 Å². The second-order valence-corrected chi connectivity index (χ2v) is 5.96. The molecule has 0 unspecified atom stereocenters. The molecule has 0 spiro atoms. The maximum Gasteiger partial charge on any atom is 0.392 e. The Morgan fingerprint density at radius 1 is 1.24 bits per heavy atom. The van der Waals surface area contributed by atoms with E-state index >= 15 is 0 Å². The van der Waals surface area contributed by atoms with Crippen LogP contribution in [0.1, 0.15) is 25.8 Å². The smallest absolute Gasteiger partial charge is 0.392 e. The van der Waals surface area contributed by atoms with Crippen LogP contribution in [0.15, 0.2) is 12.1 Å². The maximum atomic E-state index is 12.2. The Labute approximate surface area is 132 Å². The highest BCUT2D eigenvalue weighted by Gasteiger charge is 2.27. The monoisotopic (exact) mass is 343 g/mol. The summed E-state index contributed by atoms with van der Waals surface area (Å²) in [6.45, 7) is 4.84. The molecule has 0 saturated heterocycles. The minimum absolute atomic E-state index is 0.214. The van der Waals surface area contributed by atoms with E-state index in [2.05, 4.69) is 19.2 Å². The Hall–Kier alpha value is -0.650. The summed E-state index contributed by atoms with van der Waals surface area (Å²) in [4.78, 5) is 0. The summed E-state index contributed by atoms with van der Waals surface area (Å²) in [6.07, 6.45) is -5.28. The summed E-state index contributed by atoms with van der Waals surface area (Å²) in [5.74, 6) is 0.704. The Kier molecular flexibility index (Phi) is 7.10. The van der Waals surface area contributed by atoms with E-state index in [1.165, 1.54) is 6.07 Å². The number of hydrogen-bond donors (Lipinski definition) is 1. The minimum atomic E-state index is -4.26. The van der Waals surface area contributed by atoms with Gasteiger partial charge in [0.2, 0.25) is 0 Å². The Bertz CT molecular complexity index is 464. The third-order valence-electron chi connectivity index (χ3n) is 2.59. The van der Waals surface area contributed by atoms with E-state index in [0.717, 1.165) is 6.54 Å². The van der Waals surface area contributed by atoms with Gasteiger partial charge in [0.25, 0.3) is 0 Å². The summed E-state index contributed by atoms with van der Waals surface area (Å²) in [7, 11) is 0. The molecular weight excluding hydrogens is 326 g/mol. The van der Waals surface area contributed by atoms with Crippen LogP contribution in [0, 0.1) is 5.92 Å². The van der Waals surface area contributed by atoms with Gasteiger partial charge < -0.3 is 10.1 Å². The molecule has 0 saturated carbocycles. The molecule has 0 aromatic heterocycles. The van der Waals surface area contributed by atoms with Crippen LogP contribution in [0.25, 0.3) is 0 Å². The lowest BCUT2D eigenvalue weighted by atomic mass is 10.1. The summed E-state index contributed by atoms with van der Waals surface area (Å²) < 4.78 is 41.7. The Morgan fingerprint density at radius 2 is 1.90 bits per heavy atom. The first kappa shape index (κ1) is 18.4. The molecule has 1 aromatic rings. The van der Waals surface area contributed by atoms with Crippen LogP contribution in [0.2, 0.25) is 10.0 Å². The van der Waals surface area contributed by atoms with Gasteiger partial charge in [0.1, 0.15) is 5.75 Å². The minimum Gasteiger partial charge on any atom is -0.491 e. The summed E-state index contributed by atoms with van der Waals surface area (Å²) in [6, 6.07) is 3.10. The number of hydrogen-bond acceptors (Lipinski definition) is 2. The molecule has 0 fully saturated rings. The molecule has 0 aliphatic rings. The fraction of sp³-hybridized carbons (Fsp3) is 0.571. The molecule has 1 aromatic carbocycles. The van der Waals surface area contributed by atoms with E-state index in [1.54, 1.807) is 6.07 Å². The second-order valence-electron chi connectivity index (χ2n) is 5.11. The summed E-state index contributed by atoms with van der Waals surface area (Å²) in [5.41, 5.74) is 0.648. The fourth-order valence-corrected chi connectivity index (χ4v) is 2.26. The number of rotatable bonds is 7. The van der Waals surface area contributed by atoms with Crippen molar-refractivity contribution in [1.82, 2.24) is 5.32 Å². The van der Waals surface area contributed by atoms with Crippen molar-refractivity contribution >= 4 is 23.2 Å². The van der Waals surface area contributed by atoms with Gasteiger partial charge in [-0.2, -0.15) is 13.2 Å². The molecule has 0 aliphatic heterocycles. The van der Waals surface area contributed by atoms with Crippen LogP contribution >= 0.6 is 23.2 Å². The van der Waals surface area contributed by atoms with Gasteiger partial charge in [0.05, 0.1) is 18.1 Å². The lowest BCUT2D eigenvalue weighted by molar-refractivity contribution is -0.139. The fourth-order valence-electron chi connectivity index (χ4n) is 1.67. The molecule has 1 N–H and O–H groups in total. The lowest BCUT2D eigenvalue weighted by Crippen LogP contribution is -2.20. The highest BCUT2D eigenvalue weighted by molar-refractivity contribution is 6.35. The molecular formula is C14H18Cl2F3NO. The molecule has 1 rings (SSSR count). The first-order valence-corrected chi connectivity index (χ1v) is 7.33. The standard InChI is InChI=1S/C14H18Cl2F3NO/c1-9(2)7-20-8-10-5-11(15)6-12(16)13(10)21-4-3-14(17,18)19/h5-6,9,20H,3-4,7-8H2,1-2H3. The van der Waals surface area contributed by atoms with Gasteiger partial charge in [-0.25, -0.2) is 0 Å². The molecule has 120 valence electrons. The van der Waals surface area contributed by atoms with Gasteiger partial charge in [-0.1, -0.05) is 37.0 Å². The normalized spacial score (nSPS) is 12.0. The highest BCUT2D eigenvalue weighted by atomic mass is 35.5. The largest absolute Gasteiger partial charge is 0.491 e. The van der Waals surface area contributed by atoms with E-state index in [1.807, 2.05) is 0 Å². The van der Waals surface area contributed by atoms with Crippen molar-refractivity contribution < 1.29 is 17.9 Å². The second kappa shape index (κ2) is 8.11. The number of benzene rings is 1. The zero-order valence-corrected chi connectivity index (χ0v) is 13.4. The maximum absolute atomic E-state index is 12.2. The molecule has 0 heterocycles. The van der Waals surface area contributed by atoms with E-state index in [9.17, 15) is 13.2 Å².